The van der Waals surface area contributed by atoms with Crippen molar-refractivity contribution in [3.63, 3.8) is 0 Å². The van der Waals surface area contributed by atoms with E-state index in [1.807, 2.05) is 44.2 Å². The second-order valence-electron chi connectivity index (χ2n) is 3.89. The molecule has 0 aliphatic carbocycles. The number of nitrogens with one attached hydrogen (secondary N) is 1. The molecule has 0 spiro atoms. The van der Waals surface area contributed by atoms with Crippen molar-refractivity contribution in [1.82, 2.24) is 4.72 Å². The number of hydrogen-bond acceptors (Lipinski definition) is 2. The first-order valence-corrected chi connectivity index (χ1v) is 7.37. The zero-order chi connectivity index (χ0) is 12.7. The molecule has 0 aromatic heterocycles. The minimum Gasteiger partial charge on any atom is -0.209 e. The van der Waals surface area contributed by atoms with Gasteiger partial charge in [0.1, 0.15) is 0 Å². The maximum atomic E-state index is 11.7. The Hall–Kier alpha value is -1.13. The Balaban J connectivity index is 2.70. The summed E-state index contributed by atoms with van der Waals surface area (Å²) in [6.45, 7) is 3.94. The third-order valence-corrected chi connectivity index (χ3v) is 3.71. The summed E-state index contributed by atoms with van der Waals surface area (Å²) in [5, 5.41) is 1.22. The van der Waals surface area contributed by atoms with Crippen molar-refractivity contribution in [3.8, 4) is 0 Å². The molecule has 0 unspecified atom stereocenters. The first kappa shape index (κ1) is 13.9. The average Bonchev–Trinajstić information content (AvgIpc) is 2.35. The highest BCUT2D eigenvalue weighted by Crippen LogP contribution is 2.05. The van der Waals surface area contributed by atoms with Crippen LogP contribution in [0.2, 0.25) is 0 Å². The van der Waals surface area contributed by atoms with E-state index in [0.29, 0.717) is 0 Å². The molecule has 0 saturated heterocycles. The molecule has 1 rings (SSSR count). The van der Waals surface area contributed by atoms with Crippen LogP contribution >= 0.6 is 0 Å². The Bertz CT molecular complexity index is 448. The van der Waals surface area contributed by atoms with Crippen LogP contribution in [0.4, 0.5) is 0 Å². The SMILES string of the molecule is CCC(CC)NS(=O)(=O)/C=C/c1ccccc1. The van der Waals surface area contributed by atoms with Crippen molar-refractivity contribution in [2.45, 2.75) is 32.7 Å². The average molecular weight is 253 g/mol. The highest BCUT2D eigenvalue weighted by molar-refractivity contribution is 7.92. The molecule has 0 bridgehead atoms. The highest BCUT2D eigenvalue weighted by Gasteiger charge is 2.11. The van der Waals surface area contributed by atoms with Gasteiger partial charge >= 0.3 is 0 Å². The summed E-state index contributed by atoms with van der Waals surface area (Å²) in [5.74, 6) is 0. The maximum absolute atomic E-state index is 11.7. The smallest absolute Gasteiger partial charge is 0.209 e. The normalized spacial score (nSPS) is 12.4. The van der Waals surface area contributed by atoms with E-state index in [9.17, 15) is 8.42 Å². The van der Waals surface area contributed by atoms with Crippen molar-refractivity contribution < 1.29 is 8.42 Å². The predicted molar refractivity (Wildman–Crippen MR) is 71.9 cm³/mol. The topological polar surface area (TPSA) is 46.2 Å². The second kappa shape index (κ2) is 6.57. The molecule has 1 aromatic carbocycles. The number of hydrogen-bond donors (Lipinski definition) is 1. The molecule has 0 radical (unpaired) electrons. The molecular formula is C13H19NO2S. The molecule has 0 aliphatic heterocycles. The van der Waals surface area contributed by atoms with Gasteiger partial charge in [-0.25, -0.2) is 13.1 Å². The Labute approximate surface area is 104 Å². The van der Waals surface area contributed by atoms with Gasteiger partial charge in [0.05, 0.1) is 0 Å². The third kappa shape index (κ3) is 5.15. The first-order chi connectivity index (χ1) is 8.07. The van der Waals surface area contributed by atoms with Gasteiger partial charge in [-0.05, 0) is 24.5 Å². The number of rotatable bonds is 6. The van der Waals surface area contributed by atoms with E-state index in [2.05, 4.69) is 4.72 Å². The van der Waals surface area contributed by atoms with Crippen molar-refractivity contribution in [2.75, 3.05) is 0 Å². The lowest BCUT2D eigenvalue weighted by Crippen LogP contribution is -2.32. The summed E-state index contributed by atoms with van der Waals surface area (Å²) < 4.78 is 26.1. The van der Waals surface area contributed by atoms with E-state index < -0.39 is 10.0 Å². The minimum absolute atomic E-state index is 0.0143. The zero-order valence-electron chi connectivity index (χ0n) is 10.3. The molecule has 4 heteroatoms. The third-order valence-electron chi connectivity index (χ3n) is 2.56. The van der Waals surface area contributed by atoms with E-state index in [4.69, 9.17) is 0 Å². The van der Waals surface area contributed by atoms with Gasteiger partial charge < -0.3 is 0 Å². The summed E-state index contributed by atoms with van der Waals surface area (Å²) in [6.07, 6.45) is 3.20. The molecule has 1 N–H and O–H groups in total. The summed E-state index contributed by atoms with van der Waals surface area (Å²) in [6, 6.07) is 9.39. The molecule has 0 aliphatic rings. The van der Waals surface area contributed by atoms with Crippen LogP contribution in [0.1, 0.15) is 32.3 Å². The van der Waals surface area contributed by atoms with Gasteiger partial charge in [0, 0.05) is 11.4 Å². The fraction of sp³-hybridized carbons (Fsp3) is 0.385. The van der Waals surface area contributed by atoms with Crippen LogP contribution in [-0.2, 0) is 10.0 Å². The summed E-state index contributed by atoms with van der Waals surface area (Å²) in [4.78, 5) is 0. The molecule has 3 nitrogen and oxygen atoms in total. The molecule has 17 heavy (non-hydrogen) atoms. The van der Waals surface area contributed by atoms with Crippen LogP contribution in [-0.4, -0.2) is 14.5 Å². The Morgan fingerprint density at radius 1 is 1.18 bits per heavy atom. The van der Waals surface area contributed by atoms with Crippen molar-refractivity contribution in [1.29, 1.82) is 0 Å². The van der Waals surface area contributed by atoms with E-state index in [-0.39, 0.29) is 6.04 Å². The standard InChI is InChI=1S/C13H19NO2S/c1-3-13(4-2)14-17(15,16)11-10-12-8-6-5-7-9-12/h5-11,13-14H,3-4H2,1-2H3/b11-10+. The maximum Gasteiger partial charge on any atom is 0.233 e. The van der Waals surface area contributed by atoms with Crippen molar-refractivity contribution >= 4 is 16.1 Å². The Kier molecular flexibility index (Phi) is 5.38. The van der Waals surface area contributed by atoms with Gasteiger partial charge in [0.2, 0.25) is 10.0 Å². The quantitative estimate of drug-likeness (QED) is 0.847. The predicted octanol–water partition coefficient (Wildman–Crippen LogP) is 2.77. The van der Waals surface area contributed by atoms with Gasteiger partial charge in [-0.3, -0.25) is 0 Å². The van der Waals surface area contributed by atoms with E-state index >= 15 is 0 Å². The van der Waals surface area contributed by atoms with Crippen LogP contribution in [0.25, 0.3) is 6.08 Å². The molecule has 0 amide bonds. The molecule has 0 atom stereocenters. The van der Waals surface area contributed by atoms with Gasteiger partial charge in [-0.2, -0.15) is 0 Å². The largest absolute Gasteiger partial charge is 0.233 e. The summed E-state index contributed by atoms with van der Waals surface area (Å²) in [7, 11) is -3.33. The molecular weight excluding hydrogens is 234 g/mol. The van der Waals surface area contributed by atoms with Crippen LogP contribution in [0, 0.1) is 0 Å². The Morgan fingerprint density at radius 2 is 1.76 bits per heavy atom. The number of sulfonamides is 1. The molecule has 0 saturated carbocycles. The minimum atomic E-state index is -3.33. The van der Waals surface area contributed by atoms with Gasteiger partial charge in [0.15, 0.2) is 0 Å². The van der Waals surface area contributed by atoms with E-state index in [0.717, 1.165) is 18.4 Å². The van der Waals surface area contributed by atoms with Gasteiger partial charge in [0.25, 0.3) is 0 Å². The lowest BCUT2D eigenvalue weighted by Gasteiger charge is -2.12. The van der Waals surface area contributed by atoms with Gasteiger partial charge in [-0.15, -0.1) is 0 Å². The van der Waals surface area contributed by atoms with Crippen LogP contribution in [0.5, 0.6) is 0 Å². The second-order valence-corrected chi connectivity index (χ2v) is 5.49. The fourth-order valence-electron chi connectivity index (χ4n) is 1.46. The fourth-order valence-corrected chi connectivity index (χ4v) is 2.67. The number of benzene rings is 1. The molecule has 0 fully saturated rings. The van der Waals surface area contributed by atoms with Crippen LogP contribution < -0.4 is 4.72 Å². The summed E-state index contributed by atoms with van der Waals surface area (Å²) >= 11 is 0. The zero-order valence-corrected chi connectivity index (χ0v) is 11.1. The van der Waals surface area contributed by atoms with Gasteiger partial charge in [-0.1, -0.05) is 44.2 Å². The van der Waals surface area contributed by atoms with Crippen LogP contribution in [0.3, 0.4) is 0 Å². The lowest BCUT2D eigenvalue weighted by molar-refractivity contribution is 0.537. The summed E-state index contributed by atoms with van der Waals surface area (Å²) in [5.41, 5.74) is 0.877. The molecule has 0 heterocycles. The first-order valence-electron chi connectivity index (χ1n) is 5.83. The molecule has 94 valence electrons. The van der Waals surface area contributed by atoms with Crippen molar-refractivity contribution in [3.05, 3.63) is 41.3 Å². The monoisotopic (exact) mass is 253 g/mol. The lowest BCUT2D eigenvalue weighted by atomic mass is 10.2. The van der Waals surface area contributed by atoms with E-state index in [1.54, 1.807) is 6.08 Å². The van der Waals surface area contributed by atoms with E-state index in [1.165, 1.54) is 5.41 Å². The van der Waals surface area contributed by atoms with Crippen molar-refractivity contribution in [2.24, 2.45) is 0 Å². The highest BCUT2D eigenvalue weighted by atomic mass is 32.2. The van der Waals surface area contributed by atoms with Crippen LogP contribution in [0.15, 0.2) is 35.7 Å². The molecule has 1 aromatic rings. The Morgan fingerprint density at radius 3 is 2.29 bits per heavy atom.